The molecule has 1 saturated heterocycles. The normalized spacial score (nSPS) is 15.1. The number of hydrogen-bond donors (Lipinski definition) is 1. The van der Waals surface area contributed by atoms with E-state index in [0.717, 1.165) is 30.8 Å². The fraction of sp³-hybridized carbons (Fsp3) is 0.409. The summed E-state index contributed by atoms with van der Waals surface area (Å²) < 4.78 is 33.6. The summed E-state index contributed by atoms with van der Waals surface area (Å²) in [5.74, 6) is 0.403. The van der Waals surface area contributed by atoms with Crippen molar-refractivity contribution in [1.82, 2.24) is 9.80 Å². The van der Waals surface area contributed by atoms with E-state index in [4.69, 9.17) is 4.74 Å². The Labute approximate surface area is 178 Å². The van der Waals surface area contributed by atoms with Gasteiger partial charge in [0.2, 0.25) is 0 Å². The molecule has 8 heteroatoms. The first-order chi connectivity index (χ1) is 14.3. The number of benzene rings is 2. The van der Waals surface area contributed by atoms with Gasteiger partial charge in [0.05, 0.1) is 10.6 Å². The Kier molecular flexibility index (Phi) is 6.99. The molecule has 0 aromatic heterocycles. The molecular formula is C22H29N3O4S. The van der Waals surface area contributed by atoms with Gasteiger partial charge >= 0.3 is 0 Å². The fourth-order valence-electron chi connectivity index (χ4n) is 3.31. The van der Waals surface area contributed by atoms with Crippen LogP contribution in [0.3, 0.4) is 0 Å². The van der Waals surface area contributed by atoms with Crippen molar-refractivity contribution in [3.63, 3.8) is 0 Å². The third-order valence-corrected chi connectivity index (χ3v) is 6.69. The molecule has 0 atom stereocenters. The Morgan fingerprint density at radius 1 is 1.03 bits per heavy atom. The predicted molar refractivity (Wildman–Crippen MR) is 117 cm³/mol. The maximum absolute atomic E-state index is 12.7. The first-order valence-corrected chi connectivity index (χ1v) is 11.6. The van der Waals surface area contributed by atoms with Gasteiger partial charge < -0.3 is 14.5 Å². The van der Waals surface area contributed by atoms with E-state index < -0.39 is 10.0 Å². The molecule has 1 aliphatic heterocycles. The number of aryl methyl sites for hydroxylation is 2. The van der Waals surface area contributed by atoms with Crippen LogP contribution in [-0.4, -0.2) is 63.5 Å². The zero-order valence-corrected chi connectivity index (χ0v) is 18.5. The molecule has 0 radical (unpaired) electrons. The van der Waals surface area contributed by atoms with Crippen molar-refractivity contribution in [1.29, 1.82) is 0 Å². The molecule has 7 nitrogen and oxygen atoms in total. The van der Waals surface area contributed by atoms with E-state index in [-0.39, 0.29) is 17.4 Å². The van der Waals surface area contributed by atoms with E-state index >= 15 is 0 Å². The van der Waals surface area contributed by atoms with Crippen molar-refractivity contribution in [3.8, 4) is 5.75 Å². The summed E-state index contributed by atoms with van der Waals surface area (Å²) in [5.41, 5.74) is 2.38. The number of piperazine rings is 1. The number of rotatable bonds is 7. The van der Waals surface area contributed by atoms with Crippen molar-refractivity contribution < 1.29 is 17.9 Å². The molecule has 1 fully saturated rings. The lowest BCUT2D eigenvalue weighted by Gasteiger charge is -2.33. The molecule has 1 aliphatic rings. The van der Waals surface area contributed by atoms with Gasteiger partial charge in [-0.1, -0.05) is 19.1 Å². The van der Waals surface area contributed by atoms with Crippen molar-refractivity contribution in [3.05, 3.63) is 53.6 Å². The Hall–Kier alpha value is -2.58. The Morgan fingerprint density at radius 3 is 2.33 bits per heavy atom. The predicted octanol–water partition coefficient (Wildman–Crippen LogP) is 2.65. The zero-order valence-electron chi connectivity index (χ0n) is 17.7. The lowest BCUT2D eigenvalue weighted by molar-refractivity contribution is -0.135. The molecule has 0 unspecified atom stereocenters. The second-order valence-electron chi connectivity index (χ2n) is 7.50. The quantitative estimate of drug-likeness (QED) is 0.729. The van der Waals surface area contributed by atoms with Gasteiger partial charge in [0.25, 0.3) is 15.9 Å². The second-order valence-corrected chi connectivity index (χ2v) is 9.18. The standard InChI is InChI=1S/C22H29N3O4S/c1-4-24-11-13-25(14-12-24)22(26)16-29-19-7-9-20(10-8-19)30(27,28)23-21-15-17(2)5-6-18(21)3/h5-10,15,23H,4,11-14,16H2,1-3H3. The van der Waals surface area contributed by atoms with Gasteiger partial charge in [0, 0.05) is 26.2 Å². The van der Waals surface area contributed by atoms with Gasteiger partial charge in [-0.05, 0) is 61.9 Å². The van der Waals surface area contributed by atoms with E-state index in [1.807, 2.05) is 26.0 Å². The Morgan fingerprint density at radius 2 is 1.70 bits per heavy atom. The minimum atomic E-state index is -3.71. The number of ether oxygens (including phenoxy) is 1. The average Bonchev–Trinajstić information content (AvgIpc) is 2.75. The van der Waals surface area contributed by atoms with Crippen LogP contribution in [0.25, 0.3) is 0 Å². The van der Waals surface area contributed by atoms with Gasteiger partial charge in [-0.25, -0.2) is 8.42 Å². The van der Waals surface area contributed by atoms with Crippen LogP contribution in [0.4, 0.5) is 5.69 Å². The number of nitrogens with zero attached hydrogens (tertiary/aromatic N) is 2. The molecule has 2 aromatic rings. The highest BCUT2D eigenvalue weighted by atomic mass is 32.2. The first-order valence-electron chi connectivity index (χ1n) is 10.1. The molecule has 1 amide bonds. The minimum Gasteiger partial charge on any atom is -0.484 e. The first kappa shape index (κ1) is 22.1. The summed E-state index contributed by atoms with van der Waals surface area (Å²) in [6, 6.07) is 11.7. The number of carbonyl (C=O) groups is 1. The minimum absolute atomic E-state index is 0.0564. The summed E-state index contributed by atoms with van der Waals surface area (Å²) in [7, 11) is -3.71. The summed E-state index contributed by atoms with van der Waals surface area (Å²) >= 11 is 0. The lowest BCUT2D eigenvalue weighted by Crippen LogP contribution is -2.49. The van der Waals surface area contributed by atoms with Crippen molar-refractivity contribution >= 4 is 21.6 Å². The fourth-order valence-corrected chi connectivity index (χ4v) is 4.44. The van der Waals surface area contributed by atoms with Crippen molar-refractivity contribution in [2.45, 2.75) is 25.7 Å². The molecule has 0 saturated carbocycles. The smallest absolute Gasteiger partial charge is 0.261 e. The maximum Gasteiger partial charge on any atom is 0.261 e. The molecule has 0 aliphatic carbocycles. The maximum atomic E-state index is 12.7. The highest BCUT2D eigenvalue weighted by Crippen LogP contribution is 2.22. The van der Waals surface area contributed by atoms with E-state index in [9.17, 15) is 13.2 Å². The van der Waals surface area contributed by atoms with Crippen LogP contribution in [0.1, 0.15) is 18.1 Å². The van der Waals surface area contributed by atoms with Gasteiger partial charge in [0.1, 0.15) is 5.75 Å². The second kappa shape index (κ2) is 9.49. The summed E-state index contributed by atoms with van der Waals surface area (Å²) in [5, 5.41) is 0. The molecule has 162 valence electrons. The number of likely N-dealkylation sites (N-methyl/N-ethyl adjacent to an activating group) is 1. The van der Waals surface area contributed by atoms with Crippen LogP contribution < -0.4 is 9.46 Å². The number of anilines is 1. The third kappa shape index (κ3) is 5.52. The summed E-state index contributed by atoms with van der Waals surface area (Å²) in [6.45, 7) is 9.98. The number of amides is 1. The molecular weight excluding hydrogens is 402 g/mol. The van der Waals surface area contributed by atoms with E-state index in [2.05, 4.69) is 16.5 Å². The van der Waals surface area contributed by atoms with Gasteiger partial charge in [-0.2, -0.15) is 0 Å². The topological polar surface area (TPSA) is 79.0 Å². The lowest BCUT2D eigenvalue weighted by atomic mass is 10.1. The van der Waals surface area contributed by atoms with E-state index in [1.165, 1.54) is 12.1 Å². The van der Waals surface area contributed by atoms with Crippen molar-refractivity contribution in [2.75, 3.05) is 44.1 Å². The van der Waals surface area contributed by atoms with Gasteiger partial charge in [0.15, 0.2) is 6.61 Å². The zero-order chi connectivity index (χ0) is 21.7. The Balaban J connectivity index is 1.58. The highest BCUT2D eigenvalue weighted by molar-refractivity contribution is 7.92. The van der Waals surface area contributed by atoms with Crippen LogP contribution in [0.15, 0.2) is 47.4 Å². The molecule has 0 spiro atoms. The number of sulfonamides is 1. The highest BCUT2D eigenvalue weighted by Gasteiger charge is 2.20. The number of carbonyl (C=O) groups excluding carboxylic acids is 1. The summed E-state index contributed by atoms with van der Waals surface area (Å²) in [6.07, 6.45) is 0. The largest absolute Gasteiger partial charge is 0.484 e. The molecule has 3 rings (SSSR count). The van der Waals surface area contributed by atoms with Crippen LogP contribution in [0, 0.1) is 13.8 Å². The van der Waals surface area contributed by atoms with Crippen LogP contribution >= 0.6 is 0 Å². The van der Waals surface area contributed by atoms with Crippen LogP contribution in [-0.2, 0) is 14.8 Å². The molecule has 1 heterocycles. The molecule has 0 bridgehead atoms. The Bertz CT molecular complexity index is 982. The van der Waals surface area contributed by atoms with Gasteiger partial charge in [-0.3, -0.25) is 9.52 Å². The molecule has 30 heavy (non-hydrogen) atoms. The average molecular weight is 432 g/mol. The molecule has 2 aromatic carbocycles. The van der Waals surface area contributed by atoms with Crippen LogP contribution in [0.5, 0.6) is 5.75 Å². The van der Waals surface area contributed by atoms with E-state index in [1.54, 1.807) is 23.1 Å². The van der Waals surface area contributed by atoms with E-state index in [0.29, 0.717) is 24.5 Å². The van der Waals surface area contributed by atoms with Crippen molar-refractivity contribution in [2.24, 2.45) is 0 Å². The monoisotopic (exact) mass is 431 g/mol. The number of nitrogens with one attached hydrogen (secondary N) is 1. The third-order valence-electron chi connectivity index (χ3n) is 5.31. The SMILES string of the molecule is CCN1CCN(C(=O)COc2ccc(S(=O)(=O)Nc3cc(C)ccc3C)cc2)CC1. The van der Waals surface area contributed by atoms with Crippen LogP contribution in [0.2, 0.25) is 0 Å². The van der Waals surface area contributed by atoms with Gasteiger partial charge in [-0.15, -0.1) is 0 Å². The molecule has 1 N–H and O–H groups in total. The number of hydrogen-bond acceptors (Lipinski definition) is 5. The summed E-state index contributed by atoms with van der Waals surface area (Å²) in [4.78, 5) is 16.6.